The molecule has 18 heavy (non-hydrogen) atoms. The van der Waals surface area contributed by atoms with Gasteiger partial charge in [0, 0.05) is 0 Å². The van der Waals surface area contributed by atoms with Crippen LogP contribution in [0.15, 0.2) is 47.6 Å². The summed E-state index contributed by atoms with van der Waals surface area (Å²) in [4.78, 5) is 12.4. The highest BCUT2D eigenvalue weighted by Gasteiger charge is 2.35. The largest absolute Gasteiger partial charge is 0.497 e. The molecule has 0 aromatic heterocycles. The molecular formula is C16H18O2. The Morgan fingerprint density at radius 2 is 1.72 bits per heavy atom. The van der Waals surface area contributed by atoms with Crippen LogP contribution in [0.2, 0.25) is 0 Å². The first-order valence-corrected chi connectivity index (χ1v) is 6.04. The molecule has 0 aliphatic heterocycles. The number of ether oxygens (including phenoxy) is 1. The molecule has 94 valence electrons. The predicted molar refractivity (Wildman–Crippen MR) is 72.9 cm³/mol. The van der Waals surface area contributed by atoms with Gasteiger partial charge in [-0.25, -0.2) is 0 Å². The molecule has 0 bridgehead atoms. The van der Waals surface area contributed by atoms with Gasteiger partial charge in [0.1, 0.15) is 5.75 Å². The van der Waals surface area contributed by atoms with Crippen LogP contribution in [0.5, 0.6) is 5.75 Å². The molecule has 0 saturated carbocycles. The van der Waals surface area contributed by atoms with E-state index in [1.165, 1.54) is 0 Å². The van der Waals surface area contributed by atoms with Gasteiger partial charge in [0.25, 0.3) is 0 Å². The van der Waals surface area contributed by atoms with E-state index < -0.39 is 5.41 Å². The molecule has 2 nitrogen and oxygen atoms in total. The summed E-state index contributed by atoms with van der Waals surface area (Å²) in [6.45, 7) is 5.87. The standard InChI is InChI=1S/C16H18O2/c1-11-9-12(2)15(17)16(3,10-11)13-5-7-14(18-4)8-6-13/h5-10H,1-4H3/t16-/m0/s1. The molecule has 0 heterocycles. The summed E-state index contributed by atoms with van der Waals surface area (Å²) in [5.41, 5.74) is 2.38. The molecule has 1 aromatic rings. The van der Waals surface area contributed by atoms with E-state index in [2.05, 4.69) is 0 Å². The van der Waals surface area contributed by atoms with Gasteiger partial charge in [-0.2, -0.15) is 0 Å². The second-order valence-corrected chi connectivity index (χ2v) is 4.98. The van der Waals surface area contributed by atoms with Crippen molar-refractivity contribution in [2.45, 2.75) is 26.2 Å². The average Bonchev–Trinajstić information content (AvgIpc) is 2.36. The summed E-state index contributed by atoms with van der Waals surface area (Å²) in [7, 11) is 1.64. The number of hydrogen-bond acceptors (Lipinski definition) is 2. The molecular weight excluding hydrogens is 224 g/mol. The fraction of sp³-hybridized carbons (Fsp3) is 0.312. The molecule has 0 unspecified atom stereocenters. The number of carbonyl (C=O) groups is 1. The molecule has 0 fully saturated rings. The SMILES string of the molecule is COc1ccc([C@]2(C)C=C(C)C=C(C)C2=O)cc1. The molecule has 1 aliphatic carbocycles. The Bertz CT molecular complexity index is 535. The molecule has 0 radical (unpaired) electrons. The first kappa shape index (κ1) is 12.6. The highest BCUT2D eigenvalue weighted by atomic mass is 16.5. The van der Waals surface area contributed by atoms with Crippen LogP contribution in [0, 0.1) is 0 Å². The molecule has 0 spiro atoms. The minimum atomic E-state index is -0.560. The number of allylic oxidation sites excluding steroid dienone is 4. The molecule has 2 rings (SSSR count). The minimum absolute atomic E-state index is 0.165. The van der Waals surface area contributed by atoms with E-state index in [1.54, 1.807) is 7.11 Å². The zero-order valence-electron chi connectivity index (χ0n) is 11.3. The van der Waals surface area contributed by atoms with Crippen LogP contribution in [0.3, 0.4) is 0 Å². The molecule has 2 heteroatoms. The summed E-state index contributed by atoms with van der Waals surface area (Å²) in [6, 6.07) is 7.70. The van der Waals surface area contributed by atoms with E-state index >= 15 is 0 Å². The monoisotopic (exact) mass is 242 g/mol. The van der Waals surface area contributed by atoms with Gasteiger partial charge < -0.3 is 4.74 Å². The molecule has 1 atom stereocenters. The number of rotatable bonds is 2. The van der Waals surface area contributed by atoms with Crippen molar-refractivity contribution in [2.24, 2.45) is 0 Å². The second kappa shape index (κ2) is 4.45. The zero-order valence-corrected chi connectivity index (χ0v) is 11.3. The summed E-state index contributed by atoms with van der Waals surface area (Å²) in [5.74, 6) is 0.969. The van der Waals surface area contributed by atoms with E-state index in [9.17, 15) is 4.79 Å². The van der Waals surface area contributed by atoms with Crippen LogP contribution in [-0.4, -0.2) is 12.9 Å². The van der Waals surface area contributed by atoms with Crippen molar-refractivity contribution in [1.29, 1.82) is 0 Å². The summed E-state index contributed by atoms with van der Waals surface area (Å²) in [6.07, 6.45) is 3.97. The summed E-state index contributed by atoms with van der Waals surface area (Å²) < 4.78 is 5.15. The van der Waals surface area contributed by atoms with E-state index in [-0.39, 0.29) is 5.78 Å². The Labute approximate surface area is 108 Å². The maximum atomic E-state index is 12.4. The number of hydrogen-bond donors (Lipinski definition) is 0. The van der Waals surface area contributed by atoms with E-state index in [0.29, 0.717) is 0 Å². The van der Waals surface area contributed by atoms with Crippen LogP contribution in [0.25, 0.3) is 0 Å². The molecule has 1 aliphatic rings. The zero-order chi connectivity index (χ0) is 13.3. The van der Waals surface area contributed by atoms with E-state index in [1.807, 2.05) is 57.2 Å². The first-order chi connectivity index (χ1) is 8.47. The fourth-order valence-electron chi connectivity index (χ4n) is 2.53. The smallest absolute Gasteiger partial charge is 0.172 e. The lowest BCUT2D eigenvalue weighted by atomic mass is 9.72. The van der Waals surface area contributed by atoms with Gasteiger partial charge in [-0.1, -0.05) is 29.9 Å². The van der Waals surface area contributed by atoms with Crippen LogP contribution in [-0.2, 0) is 10.2 Å². The van der Waals surface area contributed by atoms with Gasteiger partial charge >= 0.3 is 0 Å². The maximum Gasteiger partial charge on any atom is 0.172 e. The highest BCUT2D eigenvalue weighted by molar-refractivity contribution is 6.06. The van der Waals surface area contributed by atoms with Crippen molar-refractivity contribution in [1.82, 2.24) is 0 Å². The topological polar surface area (TPSA) is 26.3 Å². The van der Waals surface area contributed by atoms with Crippen molar-refractivity contribution in [3.05, 3.63) is 53.1 Å². The van der Waals surface area contributed by atoms with Crippen molar-refractivity contribution >= 4 is 5.78 Å². The lowest BCUT2D eigenvalue weighted by Crippen LogP contribution is -2.33. The van der Waals surface area contributed by atoms with Crippen molar-refractivity contribution < 1.29 is 9.53 Å². The Morgan fingerprint density at radius 1 is 1.11 bits per heavy atom. The van der Waals surface area contributed by atoms with Gasteiger partial charge in [0.05, 0.1) is 12.5 Å². The second-order valence-electron chi connectivity index (χ2n) is 4.98. The van der Waals surface area contributed by atoms with Crippen LogP contribution >= 0.6 is 0 Å². The Balaban J connectivity index is 2.47. The van der Waals surface area contributed by atoms with E-state index in [0.717, 1.165) is 22.5 Å². The third-order valence-corrected chi connectivity index (χ3v) is 3.48. The van der Waals surface area contributed by atoms with Crippen molar-refractivity contribution in [3.63, 3.8) is 0 Å². The van der Waals surface area contributed by atoms with Crippen LogP contribution in [0.4, 0.5) is 0 Å². The maximum absolute atomic E-state index is 12.4. The number of ketones is 1. The van der Waals surface area contributed by atoms with Crippen LogP contribution < -0.4 is 4.74 Å². The quantitative estimate of drug-likeness (QED) is 0.794. The summed E-state index contributed by atoms with van der Waals surface area (Å²) in [5, 5.41) is 0. The highest BCUT2D eigenvalue weighted by Crippen LogP contribution is 2.34. The van der Waals surface area contributed by atoms with Gasteiger partial charge in [-0.15, -0.1) is 0 Å². The average molecular weight is 242 g/mol. The minimum Gasteiger partial charge on any atom is -0.497 e. The molecule has 0 saturated heterocycles. The lowest BCUT2D eigenvalue weighted by molar-refractivity contribution is -0.119. The molecule has 0 N–H and O–H groups in total. The lowest BCUT2D eigenvalue weighted by Gasteiger charge is -2.29. The Kier molecular flexibility index (Phi) is 3.12. The fourth-order valence-corrected chi connectivity index (χ4v) is 2.53. The molecule has 0 amide bonds. The normalized spacial score (nSPS) is 23.4. The van der Waals surface area contributed by atoms with Crippen LogP contribution in [0.1, 0.15) is 26.3 Å². The molecule has 1 aromatic carbocycles. The number of carbonyl (C=O) groups excluding carboxylic acids is 1. The Morgan fingerprint density at radius 3 is 2.28 bits per heavy atom. The Hall–Kier alpha value is -1.83. The summed E-state index contributed by atoms with van der Waals surface area (Å²) >= 11 is 0. The van der Waals surface area contributed by atoms with Crippen molar-refractivity contribution in [3.8, 4) is 5.75 Å². The van der Waals surface area contributed by atoms with E-state index in [4.69, 9.17) is 4.74 Å². The van der Waals surface area contributed by atoms with Crippen molar-refractivity contribution in [2.75, 3.05) is 7.11 Å². The van der Waals surface area contributed by atoms with Gasteiger partial charge in [0.15, 0.2) is 5.78 Å². The number of Topliss-reactive ketones (excluding diaryl/α,β-unsaturated/α-hetero) is 1. The van der Waals surface area contributed by atoms with Gasteiger partial charge in [-0.05, 0) is 44.0 Å². The first-order valence-electron chi connectivity index (χ1n) is 6.04. The third-order valence-electron chi connectivity index (χ3n) is 3.48. The third kappa shape index (κ3) is 1.99. The number of methoxy groups -OCH3 is 1. The predicted octanol–water partition coefficient (Wildman–Crippen LogP) is 3.43. The number of benzene rings is 1. The van der Waals surface area contributed by atoms with Gasteiger partial charge in [-0.3, -0.25) is 4.79 Å². The van der Waals surface area contributed by atoms with Gasteiger partial charge in [0.2, 0.25) is 0 Å².